The van der Waals surface area contributed by atoms with Gasteiger partial charge in [-0.1, -0.05) is 11.6 Å². The monoisotopic (exact) mass is 227 g/mol. The zero-order chi connectivity index (χ0) is 11.7. The maximum absolute atomic E-state index is 11.7. The highest BCUT2D eigenvalue weighted by Crippen LogP contribution is 2.33. The molecule has 0 saturated carbocycles. The number of phenolic OH excluding ortho intramolecular Hbond substituents is 1. The number of phenols is 1. The van der Waals surface area contributed by atoms with Gasteiger partial charge in [-0.15, -0.1) is 0 Å². The number of rotatable bonds is 2. The third-order valence-corrected chi connectivity index (χ3v) is 2.82. The van der Waals surface area contributed by atoms with E-state index in [0.29, 0.717) is 16.7 Å². The number of ketones is 1. The number of carbonyl (C=O) groups excluding carboxylic acids is 1. The fourth-order valence-corrected chi connectivity index (χ4v) is 1.61. The lowest BCUT2D eigenvalue weighted by Crippen LogP contribution is -2.27. The van der Waals surface area contributed by atoms with Crippen LogP contribution < -0.4 is 5.73 Å². The molecule has 0 heterocycles. The molecule has 1 atom stereocenters. The van der Waals surface area contributed by atoms with E-state index >= 15 is 0 Å². The number of carbonyl (C=O) groups is 1. The summed E-state index contributed by atoms with van der Waals surface area (Å²) >= 11 is 5.89. The summed E-state index contributed by atoms with van der Waals surface area (Å²) in [6.45, 7) is 5.01. The highest BCUT2D eigenvalue weighted by Gasteiger charge is 2.18. The molecule has 0 radical (unpaired) electrons. The van der Waals surface area contributed by atoms with Crippen molar-refractivity contribution in [2.24, 2.45) is 5.73 Å². The minimum absolute atomic E-state index is 0.0235. The van der Waals surface area contributed by atoms with E-state index in [1.54, 1.807) is 26.8 Å². The Morgan fingerprint density at radius 1 is 1.53 bits per heavy atom. The Balaban J connectivity index is 3.39. The summed E-state index contributed by atoms with van der Waals surface area (Å²) in [7, 11) is 0. The zero-order valence-corrected chi connectivity index (χ0v) is 9.72. The molecule has 1 unspecified atom stereocenters. The number of aryl methyl sites for hydroxylation is 1. The van der Waals surface area contributed by atoms with Crippen LogP contribution in [-0.4, -0.2) is 16.9 Å². The van der Waals surface area contributed by atoms with Crippen molar-refractivity contribution in [1.82, 2.24) is 0 Å². The standard InChI is InChI=1S/C11H14ClNO2/c1-5-4-8(11(15)7(3)13)6(2)9(12)10(5)14/h4,7,14H,13H2,1-3H3. The lowest BCUT2D eigenvalue weighted by molar-refractivity contribution is 0.0967. The Bertz CT molecular complexity index is 414. The van der Waals surface area contributed by atoms with Crippen molar-refractivity contribution in [3.05, 3.63) is 27.8 Å². The van der Waals surface area contributed by atoms with Crippen LogP contribution in [0.4, 0.5) is 0 Å². The minimum atomic E-state index is -0.566. The van der Waals surface area contributed by atoms with Crippen LogP contribution >= 0.6 is 11.6 Å². The summed E-state index contributed by atoms with van der Waals surface area (Å²) in [4.78, 5) is 11.7. The Hall–Kier alpha value is -1.06. The fraction of sp³-hybridized carbons (Fsp3) is 0.364. The molecule has 0 aliphatic carbocycles. The summed E-state index contributed by atoms with van der Waals surface area (Å²) in [6, 6.07) is 1.05. The highest BCUT2D eigenvalue weighted by molar-refractivity contribution is 6.33. The van der Waals surface area contributed by atoms with Gasteiger partial charge < -0.3 is 10.8 Å². The first-order chi connectivity index (χ1) is 6.86. The number of benzene rings is 1. The Kier molecular flexibility index (Phi) is 3.37. The molecule has 3 nitrogen and oxygen atoms in total. The third kappa shape index (κ3) is 2.13. The molecule has 82 valence electrons. The molecule has 0 saturated heterocycles. The van der Waals surface area contributed by atoms with E-state index in [1.165, 1.54) is 0 Å². The molecule has 0 amide bonds. The molecule has 0 aliphatic heterocycles. The molecule has 0 spiro atoms. The average molecular weight is 228 g/mol. The average Bonchev–Trinajstić information content (AvgIpc) is 2.19. The lowest BCUT2D eigenvalue weighted by atomic mass is 9.98. The van der Waals surface area contributed by atoms with Gasteiger partial charge >= 0.3 is 0 Å². The predicted molar refractivity (Wildman–Crippen MR) is 60.6 cm³/mol. The Morgan fingerprint density at radius 3 is 2.53 bits per heavy atom. The summed E-state index contributed by atoms with van der Waals surface area (Å²) in [5, 5.41) is 9.78. The van der Waals surface area contributed by atoms with E-state index in [-0.39, 0.29) is 16.6 Å². The number of hydrogen-bond donors (Lipinski definition) is 2. The molecule has 1 aromatic carbocycles. The van der Waals surface area contributed by atoms with Crippen molar-refractivity contribution in [2.75, 3.05) is 0 Å². The quantitative estimate of drug-likeness (QED) is 0.762. The number of nitrogens with two attached hydrogens (primary N) is 1. The Labute approximate surface area is 93.9 Å². The third-order valence-electron chi connectivity index (χ3n) is 2.35. The fourth-order valence-electron chi connectivity index (χ4n) is 1.36. The predicted octanol–water partition coefficient (Wildman–Crippen LogP) is 2.19. The van der Waals surface area contributed by atoms with Crippen LogP contribution in [0.25, 0.3) is 0 Å². The van der Waals surface area contributed by atoms with Crippen molar-refractivity contribution in [3.63, 3.8) is 0 Å². The number of Topliss-reactive ketones (excluding diaryl/α,β-unsaturated/α-hetero) is 1. The second kappa shape index (κ2) is 4.21. The Morgan fingerprint density at radius 2 is 2.07 bits per heavy atom. The van der Waals surface area contributed by atoms with Crippen LogP contribution in [0.3, 0.4) is 0 Å². The topological polar surface area (TPSA) is 63.3 Å². The van der Waals surface area contributed by atoms with Crippen molar-refractivity contribution in [1.29, 1.82) is 0 Å². The van der Waals surface area contributed by atoms with E-state index in [2.05, 4.69) is 0 Å². The number of aromatic hydroxyl groups is 1. The first-order valence-electron chi connectivity index (χ1n) is 4.64. The maximum Gasteiger partial charge on any atom is 0.179 e. The van der Waals surface area contributed by atoms with Crippen LogP contribution in [0.15, 0.2) is 6.07 Å². The van der Waals surface area contributed by atoms with Crippen LogP contribution in [-0.2, 0) is 0 Å². The van der Waals surface area contributed by atoms with E-state index in [0.717, 1.165) is 0 Å². The summed E-state index contributed by atoms with van der Waals surface area (Å²) in [5.41, 5.74) is 7.15. The van der Waals surface area contributed by atoms with E-state index in [4.69, 9.17) is 17.3 Å². The van der Waals surface area contributed by atoms with Gasteiger partial charge in [0.05, 0.1) is 11.1 Å². The van der Waals surface area contributed by atoms with Crippen molar-refractivity contribution in [2.45, 2.75) is 26.8 Å². The van der Waals surface area contributed by atoms with Gasteiger partial charge in [0.15, 0.2) is 5.78 Å². The van der Waals surface area contributed by atoms with Crippen LogP contribution in [0.2, 0.25) is 5.02 Å². The smallest absolute Gasteiger partial charge is 0.179 e. The number of halogens is 1. The zero-order valence-electron chi connectivity index (χ0n) is 8.97. The van der Waals surface area contributed by atoms with Crippen molar-refractivity contribution in [3.8, 4) is 5.75 Å². The van der Waals surface area contributed by atoms with Gasteiger partial charge in [-0.3, -0.25) is 4.79 Å². The molecule has 1 rings (SSSR count). The molecule has 0 aromatic heterocycles. The van der Waals surface area contributed by atoms with Crippen molar-refractivity contribution < 1.29 is 9.90 Å². The van der Waals surface area contributed by atoms with Gasteiger partial charge in [0, 0.05) is 5.56 Å². The summed E-state index contributed by atoms with van der Waals surface area (Å²) < 4.78 is 0. The molecule has 0 aliphatic rings. The lowest BCUT2D eigenvalue weighted by Gasteiger charge is -2.12. The van der Waals surface area contributed by atoms with Crippen LogP contribution in [0, 0.1) is 13.8 Å². The van der Waals surface area contributed by atoms with E-state index in [1.807, 2.05) is 0 Å². The van der Waals surface area contributed by atoms with Gasteiger partial charge in [-0.2, -0.15) is 0 Å². The van der Waals surface area contributed by atoms with Gasteiger partial charge in [0.25, 0.3) is 0 Å². The molecule has 0 bridgehead atoms. The molecular weight excluding hydrogens is 214 g/mol. The maximum atomic E-state index is 11.7. The first-order valence-corrected chi connectivity index (χ1v) is 5.02. The van der Waals surface area contributed by atoms with Gasteiger partial charge in [0.2, 0.25) is 0 Å². The molecule has 15 heavy (non-hydrogen) atoms. The largest absolute Gasteiger partial charge is 0.506 e. The highest BCUT2D eigenvalue weighted by atomic mass is 35.5. The molecule has 3 N–H and O–H groups in total. The summed E-state index contributed by atoms with van der Waals surface area (Å²) in [6.07, 6.45) is 0. The van der Waals surface area contributed by atoms with Gasteiger partial charge in [-0.25, -0.2) is 0 Å². The normalized spacial score (nSPS) is 12.6. The summed E-state index contributed by atoms with van der Waals surface area (Å²) in [5.74, 6) is -0.145. The second-order valence-electron chi connectivity index (χ2n) is 3.68. The van der Waals surface area contributed by atoms with Crippen LogP contribution in [0.1, 0.15) is 28.4 Å². The van der Waals surface area contributed by atoms with Gasteiger partial charge in [0.1, 0.15) is 5.75 Å². The van der Waals surface area contributed by atoms with Crippen molar-refractivity contribution >= 4 is 17.4 Å². The molecule has 4 heteroatoms. The van der Waals surface area contributed by atoms with E-state index in [9.17, 15) is 9.90 Å². The van der Waals surface area contributed by atoms with Gasteiger partial charge in [-0.05, 0) is 38.0 Å². The van der Waals surface area contributed by atoms with E-state index < -0.39 is 6.04 Å². The molecule has 1 aromatic rings. The van der Waals surface area contributed by atoms with Crippen LogP contribution in [0.5, 0.6) is 5.75 Å². The molecular formula is C11H14ClNO2. The second-order valence-corrected chi connectivity index (χ2v) is 4.06. The molecule has 0 fully saturated rings. The minimum Gasteiger partial charge on any atom is -0.506 e. The first kappa shape index (κ1) is 12.0. The SMILES string of the molecule is Cc1cc(C(=O)C(C)N)c(C)c(Cl)c1O. The number of hydrogen-bond acceptors (Lipinski definition) is 3.